The van der Waals surface area contributed by atoms with Crippen LogP contribution < -0.4 is 20.1 Å². The Hall–Kier alpha value is -3.09. The number of rotatable bonds is 11. The summed E-state index contributed by atoms with van der Waals surface area (Å²) in [5.74, 6) is 0.919. The van der Waals surface area contributed by atoms with Gasteiger partial charge in [-0.3, -0.25) is 9.59 Å². The van der Waals surface area contributed by atoms with Crippen molar-refractivity contribution in [1.29, 1.82) is 0 Å². The first-order valence-electron chi connectivity index (χ1n) is 10.4. The number of methoxy groups -OCH3 is 1. The van der Waals surface area contributed by atoms with Crippen molar-refractivity contribution >= 4 is 11.8 Å². The van der Waals surface area contributed by atoms with Crippen molar-refractivity contribution in [2.75, 3.05) is 20.3 Å². The van der Waals surface area contributed by atoms with E-state index in [9.17, 15) is 14.0 Å². The standard InChI is InChI=1S/C24H31FN2O4/c1-16(2)15-31-21-12-9-19(14-22(21)30-4)17(3)27-23(28)6-5-13-26-24(29)18-7-10-20(25)11-8-18/h7-12,14,16-17H,5-6,13,15H2,1-4H3,(H,26,29)(H,27,28). The summed E-state index contributed by atoms with van der Waals surface area (Å²) in [6, 6.07) is 10.7. The Labute approximate surface area is 183 Å². The van der Waals surface area contributed by atoms with Gasteiger partial charge >= 0.3 is 0 Å². The molecule has 0 aliphatic carbocycles. The van der Waals surface area contributed by atoms with Crippen molar-refractivity contribution in [3.05, 3.63) is 59.4 Å². The van der Waals surface area contributed by atoms with Gasteiger partial charge in [0, 0.05) is 18.5 Å². The summed E-state index contributed by atoms with van der Waals surface area (Å²) >= 11 is 0. The zero-order valence-corrected chi connectivity index (χ0v) is 18.5. The molecule has 2 N–H and O–H groups in total. The van der Waals surface area contributed by atoms with Gasteiger partial charge in [-0.2, -0.15) is 0 Å². The fraction of sp³-hybridized carbons (Fsp3) is 0.417. The second-order valence-corrected chi connectivity index (χ2v) is 7.77. The molecule has 7 heteroatoms. The summed E-state index contributed by atoms with van der Waals surface area (Å²) in [6.07, 6.45) is 0.775. The molecule has 2 aromatic rings. The summed E-state index contributed by atoms with van der Waals surface area (Å²) < 4.78 is 24.1. The van der Waals surface area contributed by atoms with Crippen LogP contribution in [0.15, 0.2) is 42.5 Å². The monoisotopic (exact) mass is 430 g/mol. The lowest BCUT2D eigenvalue weighted by Crippen LogP contribution is -2.29. The predicted molar refractivity (Wildman–Crippen MR) is 118 cm³/mol. The maximum Gasteiger partial charge on any atom is 0.251 e. The molecule has 0 bridgehead atoms. The number of carbonyl (C=O) groups is 2. The van der Waals surface area contributed by atoms with Gasteiger partial charge in [-0.15, -0.1) is 0 Å². The molecule has 0 radical (unpaired) electrons. The Balaban J connectivity index is 1.78. The number of benzene rings is 2. The number of halogens is 1. The Bertz CT molecular complexity index is 868. The number of nitrogens with one attached hydrogen (secondary N) is 2. The predicted octanol–water partition coefficient (Wildman–Crippen LogP) is 4.26. The number of hydrogen-bond acceptors (Lipinski definition) is 4. The van der Waals surface area contributed by atoms with Crippen LogP contribution in [0.4, 0.5) is 4.39 Å². The number of amides is 2. The summed E-state index contributed by atoms with van der Waals surface area (Å²) in [4.78, 5) is 24.2. The average Bonchev–Trinajstić information content (AvgIpc) is 2.75. The van der Waals surface area contributed by atoms with Gasteiger partial charge < -0.3 is 20.1 Å². The summed E-state index contributed by atoms with van der Waals surface area (Å²) in [5, 5.41) is 5.68. The van der Waals surface area contributed by atoms with Crippen LogP contribution in [0.2, 0.25) is 0 Å². The van der Waals surface area contributed by atoms with Crippen LogP contribution in [0.25, 0.3) is 0 Å². The molecule has 2 amide bonds. The van der Waals surface area contributed by atoms with Gasteiger partial charge in [-0.25, -0.2) is 4.39 Å². The molecule has 1 unspecified atom stereocenters. The molecule has 2 rings (SSSR count). The Morgan fingerprint density at radius 2 is 1.74 bits per heavy atom. The summed E-state index contributed by atoms with van der Waals surface area (Å²) in [5.41, 5.74) is 1.29. The largest absolute Gasteiger partial charge is 0.493 e. The fourth-order valence-electron chi connectivity index (χ4n) is 2.88. The van der Waals surface area contributed by atoms with E-state index in [0.717, 1.165) is 5.56 Å². The van der Waals surface area contributed by atoms with Gasteiger partial charge in [0.1, 0.15) is 5.82 Å². The zero-order valence-electron chi connectivity index (χ0n) is 18.5. The third-order valence-corrected chi connectivity index (χ3v) is 4.61. The highest BCUT2D eigenvalue weighted by atomic mass is 19.1. The molecule has 0 aliphatic rings. The summed E-state index contributed by atoms with van der Waals surface area (Å²) in [6.45, 7) is 7.00. The van der Waals surface area contributed by atoms with Crippen molar-refractivity contribution in [3.8, 4) is 11.5 Å². The van der Waals surface area contributed by atoms with Crippen LogP contribution in [-0.4, -0.2) is 32.1 Å². The molecular weight excluding hydrogens is 399 g/mol. The van der Waals surface area contributed by atoms with E-state index in [0.29, 0.717) is 42.6 Å². The Morgan fingerprint density at radius 3 is 2.39 bits per heavy atom. The van der Waals surface area contributed by atoms with Crippen LogP contribution in [0, 0.1) is 11.7 Å². The molecule has 1 atom stereocenters. The molecule has 0 saturated carbocycles. The van der Waals surface area contributed by atoms with Crippen LogP contribution >= 0.6 is 0 Å². The summed E-state index contributed by atoms with van der Waals surface area (Å²) in [7, 11) is 1.59. The Morgan fingerprint density at radius 1 is 1.03 bits per heavy atom. The van der Waals surface area contributed by atoms with E-state index in [-0.39, 0.29) is 24.3 Å². The van der Waals surface area contributed by atoms with E-state index in [1.165, 1.54) is 24.3 Å². The molecule has 0 fully saturated rings. The number of carbonyl (C=O) groups excluding carboxylic acids is 2. The maximum atomic E-state index is 12.9. The molecule has 0 aromatic heterocycles. The van der Waals surface area contributed by atoms with Crippen LogP contribution in [0.5, 0.6) is 11.5 Å². The van der Waals surface area contributed by atoms with Gasteiger partial charge in [0.25, 0.3) is 5.91 Å². The highest BCUT2D eigenvalue weighted by Crippen LogP contribution is 2.30. The van der Waals surface area contributed by atoms with E-state index in [1.807, 2.05) is 25.1 Å². The molecular formula is C24H31FN2O4. The lowest BCUT2D eigenvalue weighted by molar-refractivity contribution is -0.121. The van der Waals surface area contributed by atoms with Crippen LogP contribution in [0.3, 0.4) is 0 Å². The minimum absolute atomic E-state index is 0.109. The number of hydrogen-bond donors (Lipinski definition) is 2. The van der Waals surface area contributed by atoms with Gasteiger partial charge in [0.2, 0.25) is 5.91 Å². The van der Waals surface area contributed by atoms with Gasteiger partial charge in [0.15, 0.2) is 11.5 Å². The van der Waals surface area contributed by atoms with Crippen molar-refractivity contribution < 1.29 is 23.5 Å². The normalized spacial score (nSPS) is 11.7. The zero-order chi connectivity index (χ0) is 22.8. The van der Waals surface area contributed by atoms with Crippen molar-refractivity contribution in [3.63, 3.8) is 0 Å². The minimum Gasteiger partial charge on any atom is -0.493 e. The van der Waals surface area contributed by atoms with Gasteiger partial charge in [0.05, 0.1) is 19.8 Å². The van der Waals surface area contributed by atoms with Crippen molar-refractivity contribution in [2.45, 2.75) is 39.7 Å². The topological polar surface area (TPSA) is 76.7 Å². The first kappa shape index (κ1) is 24.2. The SMILES string of the molecule is COc1cc(C(C)NC(=O)CCCNC(=O)c2ccc(F)cc2)ccc1OCC(C)C. The molecule has 168 valence electrons. The quantitative estimate of drug-likeness (QED) is 0.523. The third kappa shape index (κ3) is 7.92. The molecule has 6 nitrogen and oxygen atoms in total. The molecule has 2 aromatic carbocycles. The Kier molecular flexibility index (Phi) is 9.31. The van der Waals surface area contributed by atoms with E-state index in [2.05, 4.69) is 24.5 Å². The van der Waals surface area contributed by atoms with E-state index in [1.54, 1.807) is 7.11 Å². The van der Waals surface area contributed by atoms with E-state index < -0.39 is 5.82 Å². The second-order valence-electron chi connectivity index (χ2n) is 7.77. The molecule has 0 spiro atoms. The molecule has 0 heterocycles. The lowest BCUT2D eigenvalue weighted by atomic mass is 10.1. The second kappa shape index (κ2) is 11.9. The van der Waals surface area contributed by atoms with Gasteiger partial charge in [-0.05, 0) is 61.2 Å². The van der Waals surface area contributed by atoms with Crippen molar-refractivity contribution in [1.82, 2.24) is 10.6 Å². The van der Waals surface area contributed by atoms with Crippen molar-refractivity contribution in [2.24, 2.45) is 5.92 Å². The highest BCUT2D eigenvalue weighted by molar-refractivity contribution is 5.94. The van der Waals surface area contributed by atoms with Crippen LogP contribution in [0.1, 0.15) is 55.6 Å². The molecule has 0 aliphatic heterocycles. The van der Waals surface area contributed by atoms with Crippen LogP contribution in [-0.2, 0) is 4.79 Å². The van der Waals surface area contributed by atoms with E-state index >= 15 is 0 Å². The first-order valence-corrected chi connectivity index (χ1v) is 10.4. The maximum absolute atomic E-state index is 12.9. The number of ether oxygens (including phenoxy) is 2. The lowest BCUT2D eigenvalue weighted by Gasteiger charge is -2.18. The highest BCUT2D eigenvalue weighted by Gasteiger charge is 2.14. The third-order valence-electron chi connectivity index (χ3n) is 4.61. The minimum atomic E-state index is -0.391. The molecule has 31 heavy (non-hydrogen) atoms. The fourth-order valence-corrected chi connectivity index (χ4v) is 2.88. The average molecular weight is 431 g/mol. The van der Waals surface area contributed by atoms with E-state index in [4.69, 9.17) is 9.47 Å². The molecule has 0 saturated heterocycles. The first-order chi connectivity index (χ1) is 14.8. The van der Waals surface area contributed by atoms with Gasteiger partial charge in [-0.1, -0.05) is 19.9 Å². The smallest absolute Gasteiger partial charge is 0.251 e.